The lowest BCUT2D eigenvalue weighted by molar-refractivity contribution is -0.592. The number of hydrogen-bond donors (Lipinski definition) is 1. The van der Waals surface area contributed by atoms with Crippen LogP contribution in [0.1, 0.15) is 0 Å². The average molecular weight is 115 g/mol. The Kier molecular flexibility index (Phi) is 0.938. The van der Waals surface area contributed by atoms with Crippen molar-refractivity contribution in [2.45, 2.75) is 0 Å². The molecule has 0 aromatic rings. The Hall–Kier alpha value is -0.280. The molecule has 0 aliphatic carbocycles. The van der Waals surface area contributed by atoms with E-state index in [1.54, 1.807) is 12.5 Å². The van der Waals surface area contributed by atoms with Crippen LogP contribution < -0.4 is 0 Å². The number of nitrogens with zero attached hydrogens (tertiary/aromatic N) is 2. The summed E-state index contributed by atoms with van der Waals surface area (Å²) in [6.07, 6.45) is 5.35. The Morgan fingerprint density at radius 2 is 2.43 bits per heavy atom. The largest absolute Gasteiger partial charge is 0.206 e. The van der Waals surface area contributed by atoms with Crippen molar-refractivity contribution in [3.8, 4) is 0 Å². The van der Waals surface area contributed by atoms with Gasteiger partial charge in [-0.25, -0.2) is 4.99 Å². The van der Waals surface area contributed by atoms with Gasteiger partial charge in [-0.15, -0.1) is 0 Å². The summed E-state index contributed by atoms with van der Waals surface area (Å²) >= 11 is 4.15. The van der Waals surface area contributed by atoms with Crippen LogP contribution in [0.25, 0.3) is 0 Å². The predicted molar refractivity (Wildman–Crippen MR) is 32.8 cm³/mol. The van der Waals surface area contributed by atoms with Crippen LogP contribution in [0, 0.1) is 0 Å². The van der Waals surface area contributed by atoms with Gasteiger partial charge in [-0.3, -0.25) is 0 Å². The van der Waals surface area contributed by atoms with Gasteiger partial charge in [0.2, 0.25) is 6.34 Å². The topological polar surface area (TPSA) is 12.4 Å². The molecule has 1 aliphatic heterocycles. The molecule has 1 unspecified atom stereocenters. The maximum absolute atomic E-state index is 4.15. The molecule has 1 heterocycles. The second kappa shape index (κ2) is 1.35. The maximum atomic E-state index is 4.15. The van der Waals surface area contributed by atoms with Gasteiger partial charge in [-0.1, -0.05) is 0 Å². The normalized spacial score (nSPS) is 37.4. The molecule has 0 aromatic carbocycles. The Balaban J connectivity index is 2.77. The van der Waals surface area contributed by atoms with Gasteiger partial charge in [-0.05, 0) is 0 Å². The molecule has 0 saturated heterocycles. The molecule has 1 rings (SSSR count). The lowest BCUT2D eigenvalue weighted by Crippen LogP contribution is -2.20. The van der Waals surface area contributed by atoms with Crippen molar-refractivity contribution in [1.29, 1.82) is 0 Å². The fraction of sp³-hybridized carbons (Fsp3) is 0.250. The molecule has 0 amide bonds. The fourth-order valence-electron chi connectivity index (χ4n) is 0.385. The van der Waals surface area contributed by atoms with E-state index in [0.29, 0.717) is 3.89 Å². The zero-order valence-electron chi connectivity index (χ0n) is 4.07. The van der Waals surface area contributed by atoms with Gasteiger partial charge in [-0.2, -0.15) is 3.89 Å². The highest BCUT2D eigenvalue weighted by Gasteiger charge is 2.11. The van der Waals surface area contributed by atoms with Crippen LogP contribution in [0.3, 0.4) is 0 Å². The molecule has 7 heavy (non-hydrogen) atoms. The minimum atomic E-state index is 0.472. The number of thiol groups is 1. The molecular weight excluding hydrogens is 108 g/mol. The zero-order valence-corrected chi connectivity index (χ0v) is 4.97. The van der Waals surface area contributed by atoms with Crippen LogP contribution in [0.5, 0.6) is 0 Å². The second-order valence-corrected chi connectivity index (χ2v) is 2.52. The predicted octanol–water partition coefficient (Wildman–Crippen LogP) is 0.791. The van der Waals surface area contributed by atoms with Gasteiger partial charge in [0.25, 0.3) is 0 Å². The molecule has 0 aromatic heterocycles. The van der Waals surface area contributed by atoms with Gasteiger partial charge in [0.15, 0.2) is 0 Å². The number of rotatable bonds is 0. The first kappa shape index (κ1) is 4.87. The molecule has 0 fully saturated rings. The van der Waals surface area contributed by atoms with Crippen LogP contribution in [-0.2, 0) is 0 Å². The van der Waals surface area contributed by atoms with Crippen LogP contribution in [0.2, 0.25) is 0 Å². The first-order valence-electron chi connectivity index (χ1n) is 2.01. The van der Waals surface area contributed by atoms with Gasteiger partial charge in [0.05, 0.1) is 26.1 Å². The van der Waals surface area contributed by atoms with E-state index in [1.165, 1.54) is 0 Å². The Bertz CT molecular complexity index is 112. The smallest absolute Gasteiger partial charge is 0.205 e. The molecule has 3 heteroatoms. The first-order chi connectivity index (χ1) is 3.21. The SMILES string of the molecule is C[N+]1(S)C=CN=C1. The molecule has 0 radical (unpaired) electrons. The number of hydrogen-bond acceptors (Lipinski definition) is 2. The summed E-state index contributed by atoms with van der Waals surface area (Å²) in [7, 11) is 1.93. The van der Waals surface area contributed by atoms with Gasteiger partial charge >= 0.3 is 0 Å². The van der Waals surface area contributed by atoms with Crippen molar-refractivity contribution in [2.24, 2.45) is 4.99 Å². The standard InChI is InChI=1S/C4H7N2S/c1-6(7)3-2-5-4-6/h2-4,7H,1H3/q+1. The highest BCUT2D eigenvalue weighted by molar-refractivity contribution is 7.74. The number of quaternary nitrogens is 1. The molecule has 2 nitrogen and oxygen atoms in total. The fourth-order valence-corrected chi connectivity index (χ4v) is 0.505. The molecular formula is C4H7N2S+. The summed E-state index contributed by atoms with van der Waals surface area (Å²) in [5, 5.41) is 0. The molecule has 38 valence electrons. The van der Waals surface area contributed by atoms with E-state index in [0.717, 1.165) is 0 Å². The Labute approximate surface area is 48.3 Å². The van der Waals surface area contributed by atoms with Crippen LogP contribution >= 0.6 is 12.8 Å². The van der Waals surface area contributed by atoms with Gasteiger partial charge in [0, 0.05) is 0 Å². The molecule has 0 N–H and O–H groups in total. The monoisotopic (exact) mass is 115 g/mol. The van der Waals surface area contributed by atoms with Gasteiger partial charge < -0.3 is 0 Å². The Morgan fingerprint density at radius 3 is 2.57 bits per heavy atom. The highest BCUT2D eigenvalue weighted by atomic mass is 32.1. The molecule has 0 spiro atoms. The molecule has 1 aliphatic rings. The van der Waals surface area contributed by atoms with Crippen LogP contribution in [-0.4, -0.2) is 17.3 Å². The summed E-state index contributed by atoms with van der Waals surface area (Å²) in [5.74, 6) is 0. The summed E-state index contributed by atoms with van der Waals surface area (Å²) in [4.78, 5) is 3.83. The second-order valence-electron chi connectivity index (χ2n) is 1.66. The third kappa shape index (κ3) is 1.04. The maximum Gasteiger partial charge on any atom is 0.206 e. The van der Waals surface area contributed by atoms with Crippen molar-refractivity contribution in [1.82, 2.24) is 0 Å². The van der Waals surface area contributed by atoms with E-state index in [1.807, 2.05) is 13.2 Å². The van der Waals surface area contributed by atoms with Crippen LogP contribution in [0.4, 0.5) is 0 Å². The summed E-state index contributed by atoms with van der Waals surface area (Å²) in [6.45, 7) is 0. The summed E-state index contributed by atoms with van der Waals surface area (Å²) < 4.78 is 0.472. The lowest BCUT2D eigenvalue weighted by atomic mass is 10.8. The third-order valence-electron chi connectivity index (χ3n) is 0.755. The average Bonchev–Trinajstić information content (AvgIpc) is 1.84. The van der Waals surface area contributed by atoms with Crippen molar-refractivity contribution < 1.29 is 3.89 Å². The van der Waals surface area contributed by atoms with E-state index < -0.39 is 0 Å². The lowest BCUT2D eigenvalue weighted by Gasteiger charge is -2.08. The van der Waals surface area contributed by atoms with E-state index in [4.69, 9.17) is 0 Å². The minimum Gasteiger partial charge on any atom is -0.205 e. The molecule has 1 atom stereocenters. The summed E-state index contributed by atoms with van der Waals surface area (Å²) in [5.41, 5.74) is 0. The quantitative estimate of drug-likeness (QED) is 0.354. The summed E-state index contributed by atoms with van der Waals surface area (Å²) in [6, 6.07) is 0. The third-order valence-corrected chi connectivity index (χ3v) is 0.992. The highest BCUT2D eigenvalue weighted by Crippen LogP contribution is 2.08. The molecule has 0 saturated carbocycles. The molecule has 0 bridgehead atoms. The van der Waals surface area contributed by atoms with E-state index in [9.17, 15) is 0 Å². The minimum absolute atomic E-state index is 0.472. The van der Waals surface area contributed by atoms with Crippen molar-refractivity contribution in [3.63, 3.8) is 0 Å². The van der Waals surface area contributed by atoms with Crippen molar-refractivity contribution in [2.75, 3.05) is 7.05 Å². The first-order valence-corrected chi connectivity index (χ1v) is 2.41. The van der Waals surface area contributed by atoms with E-state index in [-0.39, 0.29) is 0 Å². The van der Waals surface area contributed by atoms with Crippen molar-refractivity contribution >= 4 is 19.2 Å². The zero-order chi connectivity index (χ0) is 5.33. The van der Waals surface area contributed by atoms with Crippen molar-refractivity contribution in [3.05, 3.63) is 12.4 Å². The van der Waals surface area contributed by atoms with E-state index >= 15 is 0 Å². The number of aliphatic imine (C=N–C) groups is 1. The Morgan fingerprint density at radius 1 is 1.71 bits per heavy atom. The van der Waals surface area contributed by atoms with E-state index in [2.05, 4.69) is 17.8 Å². The van der Waals surface area contributed by atoms with Crippen LogP contribution in [0.15, 0.2) is 17.4 Å². The van der Waals surface area contributed by atoms with Gasteiger partial charge in [0.1, 0.15) is 6.20 Å².